The molecular formula is C5H11BrO4. The first kappa shape index (κ1) is 10.3. The lowest BCUT2D eigenvalue weighted by Crippen LogP contribution is -2.40. The first-order valence-electron chi connectivity index (χ1n) is 2.84. The molecule has 4 N–H and O–H groups in total. The van der Waals surface area contributed by atoms with Gasteiger partial charge < -0.3 is 20.4 Å². The van der Waals surface area contributed by atoms with E-state index in [-0.39, 0.29) is 5.33 Å². The predicted octanol–water partition coefficient (Wildman–Crippen LogP) is -1.54. The van der Waals surface area contributed by atoms with E-state index in [0.29, 0.717) is 0 Å². The SMILES string of the molecule is OC[C@H](O)[C@H](O)[C@H](O)CBr. The predicted molar refractivity (Wildman–Crippen MR) is 38.9 cm³/mol. The summed E-state index contributed by atoms with van der Waals surface area (Å²) in [7, 11) is 0. The van der Waals surface area contributed by atoms with Crippen molar-refractivity contribution in [3.63, 3.8) is 0 Å². The molecule has 10 heavy (non-hydrogen) atoms. The first-order chi connectivity index (χ1) is 4.63. The number of aliphatic hydroxyl groups excluding tert-OH is 4. The summed E-state index contributed by atoms with van der Waals surface area (Å²) in [6, 6.07) is 0. The van der Waals surface area contributed by atoms with Crippen LogP contribution in [0, 0.1) is 0 Å². The molecule has 0 unspecified atom stereocenters. The molecule has 62 valence electrons. The van der Waals surface area contributed by atoms with Gasteiger partial charge in [0.15, 0.2) is 0 Å². The Balaban J connectivity index is 3.69. The molecule has 3 atom stereocenters. The fraction of sp³-hybridized carbons (Fsp3) is 1.00. The van der Waals surface area contributed by atoms with E-state index in [1.54, 1.807) is 0 Å². The second kappa shape index (κ2) is 5.03. The molecular weight excluding hydrogens is 204 g/mol. The van der Waals surface area contributed by atoms with Crippen LogP contribution < -0.4 is 0 Å². The van der Waals surface area contributed by atoms with Gasteiger partial charge >= 0.3 is 0 Å². The van der Waals surface area contributed by atoms with Gasteiger partial charge in [-0.15, -0.1) is 0 Å². The molecule has 0 aromatic rings. The average Bonchev–Trinajstić information content (AvgIpc) is 2.00. The van der Waals surface area contributed by atoms with Gasteiger partial charge in [0.05, 0.1) is 12.7 Å². The molecule has 0 saturated heterocycles. The van der Waals surface area contributed by atoms with Crippen molar-refractivity contribution in [3.05, 3.63) is 0 Å². The quantitative estimate of drug-likeness (QED) is 0.428. The van der Waals surface area contributed by atoms with E-state index in [0.717, 1.165) is 0 Å². The summed E-state index contributed by atoms with van der Waals surface area (Å²) in [4.78, 5) is 0. The molecule has 0 aromatic carbocycles. The van der Waals surface area contributed by atoms with E-state index in [1.807, 2.05) is 0 Å². The lowest BCUT2D eigenvalue weighted by atomic mass is 10.1. The second-order valence-corrected chi connectivity index (χ2v) is 2.61. The molecule has 0 amide bonds. The van der Waals surface area contributed by atoms with Crippen LogP contribution in [0.25, 0.3) is 0 Å². The van der Waals surface area contributed by atoms with Crippen LogP contribution in [0.4, 0.5) is 0 Å². The van der Waals surface area contributed by atoms with Gasteiger partial charge in [-0.2, -0.15) is 0 Å². The Morgan fingerprint density at radius 1 is 1.10 bits per heavy atom. The normalized spacial score (nSPS) is 20.1. The molecule has 0 aromatic heterocycles. The van der Waals surface area contributed by atoms with Crippen molar-refractivity contribution >= 4 is 15.9 Å². The smallest absolute Gasteiger partial charge is 0.109 e. The Morgan fingerprint density at radius 2 is 1.60 bits per heavy atom. The summed E-state index contributed by atoms with van der Waals surface area (Å²) in [6.07, 6.45) is -3.60. The van der Waals surface area contributed by atoms with Crippen LogP contribution in [0.3, 0.4) is 0 Å². The molecule has 0 fully saturated rings. The summed E-state index contributed by atoms with van der Waals surface area (Å²) in [5, 5.41) is 35.0. The summed E-state index contributed by atoms with van der Waals surface area (Å²) in [5.41, 5.74) is 0. The number of hydrogen-bond donors (Lipinski definition) is 4. The number of rotatable bonds is 4. The van der Waals surface area contributed by atoms with Crippen LogP contribution in [0.15, 0.2) is 0 Å². The molecule has 0 bridgehead atoms. The molecule has 0 aliphatic heterocycles. The number of hydrogen-bond acceptors (Lipinski definition) is 4. The molecule has 0 radical (unpaired) electrons. The number of halogens is 1. The highest BCUT2D eigenvalue weighted by molar-refractivity contribution is 9.09. The maximum absolute atomic E-state index is 8.90. The third kappa shape index (κ3) is 2.94. The topological polar surface area (TPSA) is 80.9 Å². The average molecular weight is 215 g/mol. The fourth-order valence-electron chi connectivity index (χ4n) is 0.456. The Hall–Kier alpha value is 0.320. The van der Waals surface area contributed by atoms with Gasteiger partial charge in [-0.3, -0.25) is 0 Å². The summed E-state index contributed by atoms with van der Waals surface area (Å²) in [6.45, 7) is -0.550. The van der Waals surface area contributed by atoms with E-state index >= 15 is 0 Å². The molecule has 4 nitrogen and oxygen atoms in total. The van der Waals surface area contributed by atoms with Crippen molar-refractivity contribution in [2.75, 3.05) is 11.9 Å². The molecule has 0 saturated carbocycles. The Bertz CT molecular complexity index is 79.7. The van der Waals surface area contributed by atoms with Crippen molar-refractivity contribution in [2.45, 2.75) is 18.3 Å². The summed E-state index contributed by atoms with van der Waals surface area (Å²) >= 11 is 2.91. The Kier molecular flexibility index (Phi) is 5.20. The largest absolute Gasteiger partial charge is 0.394 e. The minimum absolute atomic E-state index is 0.172. The maximum Gasteiger partial charge on any atom is 0.109 e. The highest BCUT2D eigenvalue weighted by atomic mass is 79.9. The van der Waals surface area contributed by atoms with E-state index in [1.165, 1.54) is 0 Å². The lowest BCUT2D eigenvalue weighted by molar-refractivity contribution is -0.0680. The fourth-order valence-corrected chi connectivity index (χ4v) is 0.839. The van der Waals surface area contributed by atoms with E-state index in [2.05, 4.69) is 15.9 Å². The van der Waals surface area contributed by atoms with Crippen LogP contribution in [0.1, 0.15) is 0 Å². The Labute approximate surface area is 67.2 Å². The molecule has 0 aliphatic carbocycles. The third-order valence-corrected chi connectivity index (χ3v) is 1.80. The third-order valence-electron chi connectivity index (χ3n) is 1.13. The van der Waals surface area contributed by atoms with Gasteiger partial charge in [0.25, 0.3) is 0 Å². The first-order valence-corrected chi connectivity index (χ1v) is 3.96. The van der Waals surface area contributed by atoms with Crippen molar-refractivity contribution in [1.29, 1.82) is 0 Å². The molecule has 0 aliphatic rings. The van der Waals surface area contributed by atoms with Crippen LogP contribution >= 0.6 is 15.9 Å². The van der Waals surface area contributed by atoms with Crippen LogP contribution in [-0.2, 0) is 0 Å². The summed E-state index contributed by atoms with van der Waals surface area (Å²) < 4.78 is 0. The van der Waals surface area contributed by atoms with Gasteiger partial charge in [0.2, 0.25) is 0 Å². The van der Waals surface area contributed by atoms with Gasteiger partial charge in [0.1, 0.15) is 12.2 Å². The van der Waals surface area contributed by atoms with Gasteiger partial charge in [-0.1, -0.05) is 15.9 Å². The molecule has 5 heteroatoms. The summed E-state index contributed by atoms with van der Waals surface area (Å²) in [5.74, 6) is 0. The number of alkyl halides is 1. The molecule has 0 spiro atoms. The van der Waals surface area contributed by atoms with Gasteiger partial charge in [0, 0.05) is 5.33 Å². The van der Waals surface area contributed by atoms with Crippen LogP contribution in [-0.4, -0.2) is 50.7 Å². The highest BCUT2D eigenvalue weighted by Gasteiger charge is 2.22. The highest BCUT2D eigenvalue weighted by Crippen LogP contribution is 2.02. The van der Waals surface area contributed by atoms with Gasteiger partial charge in [-0.05, 0) is 0 Å². The van der Waals surface area contributed by atoms with Crippen molar-refractivity contribution in [1.82, 2.24) is 0 Å². The Morgan fingerprint density at radius 3 is 1.90 bits per heavy atom. The molecule has 0 heterocycles. The van der Waals surface area contributed by atoms with E-state index in [9.17, 15) is 0 Å². The second-order valence-electron chi connectivity index (χ2n) is 1.96. The zero-order valence-electron chi connectivity index (χ0n) is 5.31. The van der Waals surface area contributed by atoms with E-state index < -0.39 is 24.9 Å². The van der Waals surface area contributed by atoms with Crippen molar-refractivity contribution in [3.8, 4) is 0 Å². The van der Waals surface area contributed by atoms with Gasteiger partial charge in [-0.25, -0.2) is 0 Å². The minimum Gasteiger partial charge on any atom is -0.394 e. The lowest BCUT2D eigenvalue weighted by Gasteiger charge is -2.19. The van der Waals surface area contributed by atoms with Crippen molar-refractivity contribution < 1.29 is 20.4 Å². The zero-order valence-corrected chi connectivity index (χ0v) is 6.90. The van der Waals surface area contributed by atoms with Crippen molar-refractivity contribution in [2.24, 2.45) is 0 Å². The minimum atomic E-state index is -1.29. The van der Waals surface area contributed by atoms with Crippen LogP contribution in [0.2, 0.25) is 0 Å². The maximum atomic E-state index is 8.90. The van der Waals surface area contributed by atoms with E-state index in [4.69, 9.17) is 20.4 Å². The zero-order chi connectivity index (χ0) is 8.15. The number of aliphatic hydroxyl groups is 4. The monoisotopic (exact) mass is 214 g/mol. The molecule has 0 rings (SSSR count). The van der Waals surface area contributed by atoms with Crippen LogP contribution in [0.5, 0.6) is 0 Å². The standard InChI is InChI=1S/C5H11BrO4/c6-1-3(8)5(10)4(9)2-7/h3-5,7-10H,1-2H2/t3-,4+,5-/m1/s1.